The number of nitrogens with one attached hydrogen (secondary N) is 1. The molecule has 5 nitrogen and oxygen atoms in total. The zero-order valence-corrected chi connectivity index (χ0v) is 16.6. The van der Waals surface area contributed by atoms with Crippen molar-refractivity contribution in [2.45, 2.75) is 51.6 Å². The molecule has 1 heterocycles. The van der Waals surface area contributed by atoms with E-state index >= 15 is 0 Å². The minimum atomic E-state index is -2.99. The standard InChI is InChI=1S/C19H26ClF2N3O2/c1-18(2,3)27-17(26)25-6-4-14(5-7-25)19(21,22)10-12-8-15(20)9-13(11-23)16(12)24/h8-9,11,14,23H,4-7,10,24H2,1-3H3. The van der Waals surface area contributed by atoms with Crippen LogP contribution in [0.5, 0.6) is 0 Å². The van der Waals surface area contributed by atoms with E-state index in [1.807, 2.05) is 0 Å². The van der Waals surface area contributed by atoms with E-state index in [2.05, 4.69) is 0 Å². The number of alkyl halides is 2. The summed E-state index contributed by atoms with van der Waals surface area (Å²) in [4.78, 5) is 13.5. The third-order valence-electron chi connectivity index (χ3n) is 4.59. The number of halogens is 3. The molecule has 1 aliphatic heterocycles. The Morgan fingerprint density at radius 1 is 1.37 bits per heavy atom. The second-order valence-corrected chi connectivity index (χ2v) is 8.33. The summed E-state index contributed by atoms with van der Waals surface area (Å²) in [6.07, 6.45) is 0.354. The van der Waals surface area contributed by atoms with Crippen molar-refractivity contribution >= 4 is 29.6 Å². The topological polar surface area (TPSA) is 79.4 Å². The van der Waals surface area contributed by atoms with Crippen molar-refractivity contribution in [3.05, 3.63) is 28.3 Å². The smallest absolute Gasteiger partial charge is 0.410 e. The highest BCUT2D eigenvalue weighted by atomic mass is 35.5. The van der Waals surface area contributed by atoms with Crippen LogP contribution >= 0.6 is 11.6 Å². The number of carbonyl (C=O) groups excluding carboxylic acids is 1. The molecule has 1 aromatic rings. The average molecular weight is 402 g/mol. The van der Waals surface area contributed by atoms with Crippen LogP contribution in [0.3, 0.4) is 0 Å². The lowest BCUT2D eigenvalue weighted by Gasteiger charge is -2.36. The van der Waals surface area contributed by atoms with Gasteiger partial charge in [0, 0.05) is 47.9 Å². The Morgan fingerprint density at radius 2 is 1.96 bits per heavy atom. The first-order valence-electron chi connectivity index (χ1n) is 8.87. The summed E-state index contributed by atoms with van der Waals surface area (Å²) in [6, 6.07) is 2.90. The Bertz CT molecular complexity index is 712. The van der Waals surface area contributed by atoms with Gasteiger partial charge in [-0.2, -0.15) is 0 Å². The van der Waals surface area contributed by atoms with Gasteiger partial charge in [-0.25, -0.2) is 13.6 Å². The predicted octanol–water partition coefficient (Wildman–Crippen LogP) is 4.74. The SMILES string of the molecule is CC(C)(C)OC(=O)N1CCC(C(F)(F)Cc2cc(Cl)cc(C=N)c2N)CC1. The minimum absolute atomic E-state index is 0.153. The molecule has 0 spiro atoms. The molecule has 1 aliphatic rings. The van der Waals surface area contributed by atoms with E-state index in [1.165, 1.54) is 17.0 Å². The van der Waals surface area contributed by atoms with E-state index in [-0.39, 0.29) is 42.2 Å². The molecular weight excluding hydrogens is 376 g/mol. The van der Waals surface area contributed by atoms with Crippen LogP contribution < -0.4 is 5.73 Å². The molecule has 1 aromatic carbocycles. The minimum Gasteiger partial charge on any atom is -0.444 e. The largest absolute Gasteiger partial charge is 0.444 e. The van der Waals surface area contributed by atoms with E-state index in [0.29, 0.717) is 5.56 Å². The average Bonchev–Trinajstić information content (AvgIpc) is 2.56. The monoisotopic (exact) mass is 401 g/mol. The zero-order valence-electron chi connectivity index (χ0n) is 15.8. The number of carbonyl (C=O) groups is 1. The maximum Gasteiger partial charge on any atom is 0.410 e. The quantitative estimate of drug-likeness (QED) is 0.564. The fraction of sp³-hybridized carbons (Fsp3) is 0.579. The van der Waals surface area contributed by atoms with Crippen molar-refractivity contribution in [3.8, 4) is 0 Å². The summed E-state index contributed by atoms with van der Waals surface area (Å²) in [5.41, 5.74) is 6.01. The lowest BCUT2D eigenvalue weighted by Crippen LogP contribution is -2.45. The number of amides is 1. The third kappa shape index (κ3) is 5.54. The lowest BCUT2D eigenvalue weighted by atomic mass is 9.86. The summed E-state index contributed by atoms with van der Waals surface area (Å²) < 4.78 is 35.0. The van der Waals surface area contributed by atoms with Gasteiger partial charge < -0.3 is 20.8 Å². The van der Waals surface area contributed by atoms with E-state index in [1.54, 1.807) is 20.8 Å². The number of nitrogens with two attached hydrogens (primary N) is 1. The van der Waals surface area contributed by atoms with Gasteiger partial charge in [-0.1, -0.05) is 11.6 Å². The summed E-state index contributed by atoms with van der Waals surface area (Å²) in [5.74, 6) is -3.85. The number of likely N-dealkylation sites (tertiary alicyclic amines) is 1. The van der Waals surface area contributed by atoms with Gasteiger partial charge >= 0.3 is 6.09 Å². The van der Waals surface area contributed by atoms with Gasteiger partial charge in [0.1, 0.15) is 5.60 Å². The molecule has 0 saturated carbocycles. The number of nitrogen functional groups attached to an aromatic ring is 1. The van der Waals surface area contributed by atoms with Crippen LogP contribution in [0.4, 0.5) is 19.3 Å². The lowest BCUT2D eigenvalue weighted by molar-refractivity contribution is -0.0787. The predicted molar refractivity (Wildman–Crippen MR) is 103 cm³/mol. The maximum absolute atomic E-state index is 14.9. The molecule has 1 amide bonds. The van der Waals surface area contributed by atoms with Crippen LogP contribution in [0.1, 0.15) is 44.7 Å². The molecule has 27 heavy (non-hydrogen) atoms. The first-order valence-corrected chi connectivity index (χ1v) is 9.25. The molecule has 0 atom stereocenters. The number of nitrogens with zero attached hydrogens (tertiary/aromatic N) is 1. The van der Waals surface area contributed by atoms with Crippen molar-refractivity contribution in [2.75, 3.05) is 18.8 Å². The van der Waals surface area contributed by atoms with Crippen molar-refractivity contribution in [2.24, 2.45) is 5.92 Å². The van der Waals surface area contributed by atoms with Gasteiger partial charge in [0.15, 0.2) is 0 Å². The van der Waals surface area contributed by atoms with Crippen LogP contribution in [-0.4, -0.2) is 41.8 Å². The van der Waals surface area contributed by atoms with Crippen LogP contribution in [0, 0.1) is 11.3 Å². The molecule has 0 radical (unpaired) electrons. The molecule has 0 bridgehead atoms. The van der Waals surface area contributed by atoms with E-state index in [0.717, 1.165) is 6.21 Å². The fourth-order valence-electron chi connectivity index (χ4n) is 3.17. The molecule has 1 saturated heterocycles. The zero-order chi connectivity index (χ0) is 20.4. The van der Waals surface area contributed by atoms with Crippen LogP contribution in [0.25, 0.3) is 0 Å². The van der Waals surface area contributed by atoms with Crippen molar-refractivity contribution in [1.82, 2.24) is 4.90 Å². The van der Waals surface area contributed by atoms with Crippen LogP contribution in [0.2, 0.25) is 5.02 Å². The number of anilines is 1. The van der Waals surface area contributed by atoms with E-state index < -0.39 is 30.0 Å². The summed E-state index contributed by atoms with van der Waals surface area (Å²) in [7, 11) is 0. The Labute approximate surface area is 163 Å². The van der Waals surface area contributed by atoms with Gasteiger partial charge in [-0.3, -0.25) is 0 Å². The second-order valence-electron chi connectivity index (χ2n) is 7.89. The van der Waals surface area contributed by atoms with Crippen molar-refractivity contribution in [1.29, 1.82) is 5.41 Å². The highest BCUT2D eigenvalue weighted by Gasteiger charge is 2.42. The highest BCUT2D eigenvalue weighted by Crippen LogP contribution is 2.38. The van der Waals surface area contributed by atoms with Gasteiger partial charge in [0.05, 0.1) is 0 Å². The van der Waals surface area contributed by atoms with Gasteiger partial charge in [-0.05, 0) is 51.3 Å². The maximum atomic E-state index is 14.9. The number of benzene rings is 1. The number of rotatable bonds is 4. The molecule has 0 aromatic heterocycles. The van der Waals surface area contributed by atoms with Gasteiger partial charge in [0.2, 0.25) is 0 Å². The van der Waals surface area contributed by atoms with Crippen molar-refractivity contribution in [3.63, 3.8) is 0 Å². The highest BCUT2D eigenvalue weighted by molar-refractivity contribution is 6.31. The molecule has 150 valence electrons. The Morgan fingerprint density at radius 3 is 2.48 bits per heavy atom. The Hall–Kier alpha value is -1.89. The van der Waals surface area contributed by atoms with Crippen LogP contribution in [-0.2, 0) is 11.2 Å². The first kappa shape index (κ1) is 21.4. The number of ether oxygens (including phenoxy) is 1. The molecular formula is C19H26ClF2N3O2. The number of piperidine rings is 1. The summed E-state index contributed by atoms with van der Waals surface area (Å²) in [5, 5.41) is 7.60. The number of hydrogen-bond donors (Lipinski definition) is 2. The molecule has 8 heteroatoms. The van der Waals surface area contributed by atoms with Gasteiger partial charge in [0.25, 0.3) is 5.92 Å². The number of hydrogen-bond acceptors (Lipinski definition) is 4. The molecule has 0 aliphatic carbocycles. The van der Waals surface area contributed by atoms with E-state index in [9.17, 15) is 13.6 Å². The Kier molecular flexibility index (Phi) is 6.35. The first-order chi connectivity index (χ1) is 12.4. The third-order valence-corrected chi connectivity index (χ3v) is 4.81. The molecule has 0 unspecified atom stereocenters. The second kappa shape index (κ2) is 8.00. The summed E-state index contributed by atoms with van der Waals surface area (Å²) in [6.45, 7) is 5.76. The van der Waals surface area contributed by atoms with E-state index in [4.69, 9.17) is 27.5 Å². The fourth-order valence-corrected chi connectivity index (χ4v) is 3.42. The molecule has 3 N–H and O–H groups in total. The van der Waals surface area contributed by atoms with Crippen LogP contribution in [0.15, 0.2) is 12.1 Å². The normalized spacial score (nSPS) is 16.3. The van der Waals surface area contributed by atoms with Gasteiger partial charge in [-0.15, -0.1) is 0 Å². The molecule has 1 fully saturated rings. The Balaban J connectivity index is 2.04. The van der Waals surface area contributed by atoms with Crippen molar-refractivity contribution < 1.29 is 18.3 Å². The molecule has 2 rings (SSSR count). The summed E-state index contributed by atoms with van der Waals surface area (Å²) >= 11 is 5.96.